The number of ether oxygens (including phenoxy) is 1. The van der Waals surface area contributed by atoms with Crippen molar-refractivity contribution in [1.82, 2.24) is 15.1 Å². The fourth-order valence-electron chi connectivity index (χ4n) is 2.97. The van der Waals surface area contributed by atoms with Crippen molar-refractivity contribution in [3.05, 3.63) is 0 Å². The first-order valence-electron chi connectivity index (χ1n) is 7.64. The van der Waals surface area contributed by atoms with E-state index < -0.39 is 5.54 Å². The van der Waals surface area contributed by atoms with Crippen molar-refractivity contribution in [2.45, 2.75) is 45.2 Å². The molecule has 0 aromatic heterocycles. The van der Waals surface area contributed by atoms with E-state index in [0.717, 1.165) is 13.1 Å². The highest BCUT2D eigenvalue weighted by Gasteiger charge is 2.35. The summed E-state index contributed by atoms with van der Waals surface area (Å²) in [4.78, 5) is 16.7. The van der Waals surface area contributed by atoms with Crippen LogP contribution in [0.5, 0.6) is 0 Å². The largest absolute Gasteiger partial charge is 0.468 e. The molecule has 5 nitrogen and oxygen atoms in total. The minimum Gasteiger partial charge on any atom is -0.468 e. The first kappa shape index (κ1) is 17.4. The summed E-state index contributed by atoms with van der Waals surface area (Å²) >= 11 is 0. The minimum absolute atomic E-state index is 0.195. The molecule has 1 aliphatic rings. The molecule has 0 amide bonds. The lowest BCUT2D eigenvalue weighted by Gasteiger charge is -2.34. The standard InChI is InChI=1S/C15H31N3O2/c1-13(2)16-15(3,14(19)20-5)12-17(4)10-11-18-8-6-7-9-18/h13,16H,6-12H2,1-5H3. The monoisotopic (exact) mass is 285 g/mol. The zero-order valence-corrected chi connectivity index (χ0v) is 13.7. The summed E-state index contributed by atoms with van der Waals surface area (Å²) in [5.41, 5.74) is -0.650. The molecule has 1 aliphatic heterocycles. The Labute approximate surface area is 123 Å². The maximum atomic E-state index is 12.0. The van der Waals surface area contributed by atoms with Crippen molar-refractivity contribution < 1.29 is 9.53 Å². The normalized spacial score (nSPS) is 19.6. The lowest BCUT2D eigenvalue weighted by atomic mass is 10.0. The summed E-state index contributed by atoms with van der Waals surface area (Å²) in [6.45, 7) is 11.2. The van der Waals surface area contributed by atoms with E-state index in [4.69, 9.17) is 4.74 Å². The molecule has 5 heteroatoms. The first-order chi connectivity index (χ1) is 9.37. The van der Waals surface area contributed by atoms with Crippen LogP contribution in [0.4, 0.5) is 0 Å². The van der Waals surface area contributed by atoms with Gasteiger partial charge in [0.05, 0.1) is 7.11 Å². The Balaban J connectivity index is 2.48. The van der Waals surface area contributed by atoms with Crippen molar-refractivity contribution in [2.24, 2.45) is 0 Å². The molecule has 0 aromatic carbocycles. The van der Waals surface area contributed by atoms with Gasteiger partial charge in [0.2, 0.25) is 0 Å². The van der Waals surface area contributed by atoms with E-state index in [2.05, 4.69) is 22.2 Å². The van der Waals surface area contributed by atoms with Gasteiger partial charge in [-0.15, -0.1) is 0 Å². The Hall–Kier alpha value is -0.650. The quantitative estimate of drug-likeness (QED) is 0.673. The second kappa shape index (κ2) is 7.96. The molecule has 20 heavy (non-hydrogen) atoms. The van der Waals surface area contributed by atoms with E-state index >= 15 is 0 Å². The lowest BCUT2D eigenvalue weighted by Crippen LogP contribution is -2.59. The van der Waals surface area contributed by atoms with Crippen LogP contribution in [0, 0.1) is 0 Å². The molecule has 1 fully saturated rings. The predicted molar refractivity (Wildman–Crippen MR) is 81.9 cm³/mol. The van der Waals surface area contributed by atoms with Crippen LogP contribution in [0.25, 0.3) is 0 Å². The van der Waals surface area contributed by atoms with Gasteiger partial charge in [-0.25, -0.2) is 0 Å². The Morgan fingerprint density at radius 3 is 2.50 bits per heavy atom. The summed E-state index contributed by atoms with van der Waals surface area (Å²) in [6.07, 6.45) is 2.64. The molecule has 1 N–H and O–H groups in total. The van der Waals surface area contributed by atoms with Crippen molar-refractivity contribution in [3.63, 3.8) is 0 Å². The van der Waals surface area contributed by atoms with Gasteiger partial charge in [0.25, 0.3) is 0 Å². The Morgan fingerprint density at radius 1 is 1.40 bits per heavy atom. The number of nitrogens with one attached hydrogen (secondary N) is 1. The van der Waals surface area contributed by atoms with Crippen LogP contribution in [-0.2, 0) is 9.53 Å². The first-order valence-corrected chi connectivity index (χ1v) is 7.64. The van der Waals surface area contributed by atoms with Gasteiger partial charge in [0.15, 0.2) is 0 Å². The van der Waals surface area contributed by atoms with Crippen LogP contribution in [-0.4, -0.2) is 74.2 Å². The topological polar surface area (TPSA) is 44.8 Å². The Bertz CT molecular complexity index is 303. The van der Waals surface area contributed by atoms with Crippen LogP contribution in [0.3, 0.4) is 0 Å². The van der Waals surface area contributed by atoms with Gasteiger partial charge in [-0.05, 0) is 53.8 Å². The van der Waals surface area contributed by atoms with Gasteiger partial charge in [-0.3, -0.25) is 10.1 Å². The zero-order valence-electron chi connectivity index (χ0n) is 13.7. The molecule has 0 aliphatic carbocycles. The highest BCUT2D eigenvalue weighted by atomic mass is 16.5. The number of hydrogen-bond acceptors (Lipinski definition) is 5. The Morgan fingerprint density at radius 2 is 2.00 bits per heavy atom. The zero-order chi connectivity index (χ0) is 15.2. The maximum Gasteiger partial charge on any atom is 0.327 e. The highest BCUT2D eigenvalue weighted by molar-refractivity contribution is 5.80. The van der Waals surface area contributed by atoms with Gasteiger partial charge in [-0.1, -0.05) is 0 Å². The van der Waals surface area contributed by atoms with Gasteiger partial charge in [0.1, 0.15) is 5.54 Å². The molecule has 1 unspecified atom stereocenters. The molecule has 0 spiro atoms. The smallest absolute Gasteiger partial charge is 0.327 e. The van der Waals surface area contributed by atoms with E-state index in [1.807, 2.05) is 20.8 Å². The summed E-state index contributed by atoms with van der Waals surface area (Å²) in [5, 5.41) is 3.34. The summed E-state index contributed by atoms with van der Waals surface area (Å²) in [7, 11) is 3.52. The number of esters is 1. The summed E-state index contributed by atoms with van der Waals surface area (Å²) in [5.74, 6) is -0.195. The average Bonchev–Trinajstić information content (AvgIpc) is 2.87. The van der Waals surface area contributed by atoms with Crippen molar-refractivity contribution in [2.75, 3.05) is 46.9 Å². The summed E-state index contributed by atoms with van der Waals surface area (Å²) in [6, 6.07) is 0.242. The van der Waals surface area contributed by atoms with Gasteiger partial charge < -0.3 is 14.5 Å². The molecular weight excluding hydrogens is 254 g/mol. The summed E-state index contributed by atoms with van der Waals surface area (Å²) < 4.78 is 4.96. The number of methoxy groups -OCH3 is 1. The molecule has 1 saturated heterocycles. The van der Waals surface area contributed by atoms with Crippen LogP contribution in [0.15, 0.2) is 0 Å². The third-order valence-electron chi connectivity index (χ3n) is 3.83. The molecule has 0 saturated carbocycles. The molecule has 0 radical (unpaired) electrons. The lowest BCUT2D eigenvalue weighted by molar-refractivity contribution is -0.149. The van der Waals surface area contributed by atoms with E-state index in [9.17, 15) is 4.79 Å². The second-order valence-electron chi connectivity index (χ2n) is 6.41. The molecule has 0 bridgehead atoms. The fraction of sp³-hybridized carbons (Fsp3) is 0.933. The SMILES string of the molecule is COC(=O)C(C)(CN(C)CCN1CCCC1)NC(C)C. The molecular formula is C15H31N3O2. The van der Waals surface area contributed by atoms with E-state index in [0.29, 0.717) is 6.54 Å². The van der Waals surface area contributed by atoms with Crippen LogP contribution < -0.4 is 5.32 Å². The number of hydrogen-bond donors (Lipinski definition) is 1. The average molecular weight is 285 g/mol. The maximum absolute atomic E-state index is 12.0. The van der Waals surface area contributed by atoms with Crippen molar-refractivity contribution in [3.8, 4) is 0 Å². The van der Waals surface area contributed by atoms with E-state index in [1.165, 1.54) is 33.0 Å². The van der Waals surface area contributed by atoms with Gasteiger partial charge in [0, 0.05) is 25.7 Å². The molecule has 1 rings (SSSR count). The van der Waals surface area contributed by atoms with Gasteiger partial charge in [-0.2, -0.15) is 0 Å². The molecule has 1 atom stereocenters. The third kappa shape index (κ3) is 5.38. The number of carbonyl (C=O) groups excluding carboxylic acids is 1. The highest BCUT2D eigenvalue weighted by Crippen LogP contribution is 2.11. The molecule has 118 valence electrons. The second-order valence-corrected chi connectivity index (χ2v) is 6.41. The van der Waals surface area contributed by atoms with E-state index in [-0.39, 0.29) is 12.0 Å². The van der Waals surface area contributed by atoms with Crippen LogP contribution >= 0.6 is 0 Å². The van der Waals surface area contributed by atoms with E-state index in [1.54, 1.807) is 0 Å². The number of likely N-dealkylation sites (tertiary alicyclic amines) is 1. The number of likely N-dealkylation sites (N-methyl/N-ethyl adjacent to an activating group) is 1. The Kier molecular flexibility index (Phi) is 6.92. The predicted octanol–water partition coefficient (Wildman–Crippen LogP) is 0.944. The van der Waals surface area contributed by atoms with Crippen LogP contribution in [0.1, 0.15) is 33.6 Å². The molecule has 0 aromatic rings. The minimum atomic E-state index is -0.650. The number of carbonyl (C=O) groups is 1. The third-order valence-corrected chi connectivity index (χ3v) is 3.83. The fourth-order valence-corrected chi connectivity index (χ4v) is 2.97. The van der Waals surface area contributed by atoms with Crippen molar-refractivity contribution >= 4 is 5.97 Å². The number of rotatable bonds is 8. The van der Waals surface area contributed by atoms with Crippen molar-refractivity contribution in [1.29, 1.82) is 0 Å². The van der Waals surface area contributed by atoms with Gasteiger partial charge >= 0.3 is 5.97 Å². The van der Waals surface area contributed by atoms with Crippen LogP contribution in [0.2, 0.25) is 0 Å². The molecule has 1 heterocycles. The number of nitrogens with zero attached hydrogens (tertiary/aromatic N) is 2.